The fourth-order valence-corrected chi connectivity index (χ4v) is 2.96. The number of thiazole rings is 1. The van der Waals surface area contributed by atoms with Gasteiger partial charge in [-0.2, -0.15) is 0 Å². The van der Waals surface area contributed by atoms with E-state index < -0.39 is 0 Å². The molecule has 0 fully saturated rings. The van der Waals surface area contributed by atoms with Gasteiger partial charge in [0.1, 0.15) is 17.4 Å². The molecule has 0 spiro atoms. The van der Waals surface area contributed by atoms with Crippen LogP contribution in [0.15, 0.2) is 35.5 Å². The lowest BCUT2D eigenvalue weighted by molar-refractivity contribution is 0.261. The van der Waals surface area contributed by atoms with Crippen LogP contribution in [-0.4, -0.2) is 49.6 Å². The number of nitrogens with one attached hydrogen (secondary N) is 2. The Bertz CT molecular complexity index is 699. The lowest BCUT2D eigenvalue weighted by Crippen LogP contribution is -2.36. The van der Waals surface area contributed by atoms with Crippen molar-refractivity contribution in [1.82, 2.24) is 20.5 Å². The summed E-state index contributed by atoms with van der Waals surface area (Å²) in [5.74, 6) is 1.68. The Labute approximate surface area is 160 Å². The molecule has 26 heavy (non-hydrogen) atoms. The van der Waals surface area contributed by atoms with Gasteiger partial charge in [0.15, 0.2) is 5.96 Å². The molecule has 2 aromatic rings. The summed E-state index contributed by atoms with van der Waals surface area (Å²) >= 11 is 1.70. The number of guanidine groups is 1. The molecule has 6 nitrogen and oxygen atoms in total. The predicted octanol–water partition coefficient (Wildman–Crippen LogP) is 2.65. The summed E-state index contributed by atoms with van der Waals surface area (Å²) in [5.41, 5.74) is 1.12. The number of aryl methyl sites for hydroxylation is 1. The highest BCUT2D eigenvalue weighted by Crippen LogP contribution is 2.14. The van der Waals surface area contributed by atoms with Gasteiger partial charge in [0, 0.05) is 24.2 Å². The normalized spacial score (nSPS) is 11.7. The molecule has 1 aromatic heterocycles. The van der Waals surface area contributed by atoms with Crippen molar-refractivity contribution < 1.29 is 4.74 Å². The van der Waals surface area contributed by atoms with Crippen LogP contribution >= 0.6 is 11.3 Å². The average Bonchev–Trinajstić information content (AvgIpc) is 3.03. The van der Waals surface area contributed by atoms with Gasteiger partial charge >= 0.3 is 0 Å². The SMILES string of the molecule is CCNC(=NCc1cccc(OCCN(C)C)c1)NCc1ncc(C)s1. The summed E-state index contributed by atoms with van der Waals surface area (Å²) in [7, 11) is 4.08. The van der Waals surface area contributed by atoms with Crippen LogP contribution in [0.25, 0.3) is 0 Å². The van der Waals surface area contributed by atoms with E-state index in [1.165, 1.54) is 4.88 Å². The quantitative estimate of drug-likeness (QED) is 0.521. The van der Waals surface area contributed by atoms with Gasteiger partial charge < -0.3 is 20.3 Å². The summed E-state index contributed by atoms with van der Waals surface area (Å²) < 4.78 is 5.79. The minimum atomic E-state index is 0.594. The molecule has 1 aromatic carbocycles. The summed E-state index contributed by atoms with van der Waals surface area (Å²) in [5, 5.41) is 7.66. The number of rotatable bonds is 9. The minimum absolute atomic E-state index is 0.594. The molecule has 0 unspecified atom stereocenters. The van der Waals surface area contributed by atoms with Crippen LogP contribution < -0.4 is 15.4 Å². The Kier molecular flexibility index (Phi) is 8.37. The molecule has 0 amide bonds. The molecule has 0 saturated carbocycles. The van der Waals surface area contributed by atoms with Crippen molar-refractivity contribution in [3.63, 3.8) is 0 Å². The van der Waals surface area contributed by atoms with Crippen LogP contribution in [-0.2, 0) is 13.1 Å². The standard InChI is InChI=1S/C19H29N5OS/c1-5-20-19(23-14-18-21-12-15(2)26-18)22-13-16-7-6-8-17(11-16)25-10-9-24(3)4/h6-8,11-12H,5,9-10,13-14H2,1-4H3,(H2,20,22,23). The number of aromatic nitrogens is 1. The minimum Gasteiger partial charge on any atom is -0.492 e. The maximum atomic E-state index is 5.79. The first-order valence-corrected chi connectivity index (χ1v) is 9.68. The second-order valence-electron chi connectivity index (χ2n) is 6.21. The molecule has 7 heteroatoms. The van der Waals surface area contributed by atoms with Gasteiger partial charge in [-0.25, -0.2) is 9.98 Å². The third kappa shape index (κ3) is 7.41. The molecule has 0 aliphatic rings. The lowest BCUT2D eigenvalue weighted by atomic mass is 10.2. The fraction of sp³-hybridized carbons (Fsp3) is 0.474. The van der Waals surface area contributed by atoms with Gasteiger partial charge in [0.2, 0.25) is 0 Å². The van der Waals surface area contributed by atoms with Crippen molar-refractivity contribution in [2.75, 3.05) is 33.8 Å². The third-order valence-electron chi connectivity index (χ3n) is 3.55. The van der Waals surface area contributed by atoms with E-state index in [1.807, 2.05) is 38.5 Å². The summed E-state index contributed by atoms with van der Waals surface area (Å²) in [6.45, 7) is 7.79. The van der Waals surface area contributed by atoms with E-state index in [4.69, 9.17) is 4.74 Å². The van der Waals surface area contributed by atoms with Crippen molar-refractivity contribution in [1.29, 1.82) is 0 Å². The molecule has 2 rings (SSSR count). The molecule has 0 aliphatic heterocycles. The third-order valence-corrected chi connectivity index (χ3v) is 4.46. The van der Waals surface area contributed by atoms with Crippen molar-refractivity contribution in [2.24, 2.45) is 4.99 Å². The van der Waals surface area contributed by atoms with Gasteiger partial charge in [-0.3, -0.25) is 0 Å². The van der Waals surface area contributed by atoms with E-state index >= 15 is 0 Å². The lowest BCUT2D eigenvalue weighted by Gasteiger charge is -2.12. The Hall–Kier alpha value is -2.12. The van der Waals surface area contributed by atoms with Crippen molar-refractivity contribution in [3.05, 3.63) is 45.9 Å². The zero-order chi connectivity index (χ0) is 18.8. The van der Waals surface area contributed by atoms with Gasteiger partial charge in [-0.05, 0) is 45.6 Å². The van der Waals surface area contributed by atoms with Gasteiger partial charge in [-0.1, -0.05) is 12.1 Å². The van der Waals surface area contributed by atoms with Crippen LogP contribution in [0, 0.1) is 6.92 Å². The van der Waals surface area contributed by atoms with E-state index in [0.717, 1.165) is 35.4 Å². The zero-order valence-corrected chi connectivity index (χ0v) is 16.9. The van der Waals surface area contributed by atoms with E-state index in [1.54, 1.807) is 11.3 Å². The van der Waals surface area contributed by atoms with Gasteiger partial charge in [0.25, 0.3) is 0 Å². The summed E-state index contributed by atoms with van der Waals surface area (Å²) in [6, 6.07) is 8.11. The monoisotopic (exact) mass is 375 g/mol. The molecular formula is C19H29N5OS. The first-order valence-electron chi connectivity index (χ1n) is 8.86. The average molecular weight is 376 g/mol. The molecule has 1 heterocycles. The molecule has 2 N–H and O–H groups in total. The van der Waals surface area contributed by atoms with Gasteiger partial charge in [-0.15, -0.1) is 11.3 Å². The van der Waals surface area contributed by atoms with Crippen molar-refractivity contribution >= 4 is 17.3 Å². The number of ether oxygens (including phenoxy) is 1. The van der Waals surface area contributed by atoms with Crippen LogP contribution in [0.3, 0.4) is 0 Å². The Morgan fingerprint density at radius 3 is 2.85 bits per heavy atom. The number of aliphatic imine (C=N–C) groups is 1. The highest BCUT2D eigenvalue weighted by Gasteiger charge is 2.02. The number of nitrogens with zero attached hydrogens (tertiary/aromatic N) is 3. The first kappa shape index (κ1) is 20.2. The number of likely N-dealkylation sites (N-methyl/N-ethyl adjacent to an activating group) is 1. The van der Waals surface area contributed by atoms with E-state index in [2.05, 4.69) is 45.4 Å². The molecule has 0 saturated heterocycles. The van der Waals surface area contributed by atoms with Crippen LogP contribution in [0.4, 0.5) is 0 Å². The van der Waals surface area contributed by atoms with Crippen LogP contribution in [0.1, 0.15) is 22.4 Å². The van der Waals surface area contributed by atoms with E-state index in [-0.39, 0.29) is 0 Å². The fourth-order valence-electron chi connectivity index (χ4n) is 2.23. The number of hydrogen-bond acceptors (Lipinski definition) is 5. The predicted molar refractivity (Wildman–Crippen MR) is 109 cm³/mol. The second-order valence-corrected chi connectivity index (χ2v) is 7.53. The zero-order valence-electron chi connectivity index (χ0n) is 16.1. The first-order chi connectivity index (χ1) is 12.6. The topological polar surface area (TPSA) is 61.8 Å². The maximum Gasteiger partial charge on any atom is 0.191 e. The maximum absolute atomic E-state index is 5.79. The Balaban J connectivity index is 1.91. The second kappa shape index (κ2) is 10.8. The molecule has 0 radical (unpaired) electrons. The molecule has 142 valence electrons. The van der Waals surface area contributed by atoms with Crippen molar-refractivity contribution in [3.8, 4) is 5.75 Å². The smallest absolute Gasteiger partial charge is 0.191 e. The highest BCUT2D eigenvalue weighted by atomic mass is 32.1. The number of benzene rings is 1. The molecule has 0 aliphatic carbocycles. The summed E-state index contributed by atoms with van der Waals surface area (Å²) in [4.78, 5) is 12.4. The highest BCUT2D eigenvalue weighted by molar-refractivity contribution is 7.11. The number of hydrogen-bond donors (Lipinski definition) is 2. The largest absolute Gasteiger partial charge is 0.492 e. The summed E-state index contributed by atoms with van der Waals surface area (Å²) in [6.07, 6.45) is 1.90. The van der Waals surface area contributed by atoms with Crippen LogP contribution in [0.5, 0.6) is 5.75 Å². The van der Waals surface area contributed by atoms with E-state index in [0.29, 0.717) is 19.7 Å². The van der Waals surface area contributed by atoms with Crippen LogP contribution in [0.2, 0.25) is 0 Å². The van der Waals surface area contributed by atoms with Crippen molar-refractivity contribution in [2.45, 2.75) is 26.9 Å². The molecular weight excluding hydrogens is 346 g/mol. The Morgan fingerprint density at radius 2 is 2.15 bits per heavy atom. The van der Waals surface area contributed by atoms with E-state index in [9.17, 15) is 0 Å². The molecule has 0 atom stereocenters. The van der Waals surface area contributed by atoms with Gasteiger partial charge in [0.05, 0.1) is 13.1 Å². The Morgan fingerprint density at radius 1 is 1.31 bits per heavy atom. The molecule has 0 bridgehead atoms.